The summed E-state index contributed by atoms with van der Waals surface area (Å²) in [7, 11) is 0. The summed E-state index contributed by atoms with van der Waals surface area (Å²) in [5, 5.41) is 9.28. The number of nitrogen functional groups attached to an aromatic ring is 1. The van der Waals surface area contributed by atoms with E-state index in [1.165, 1.54) is 0 Å². The lowest BCUT2D eigenvalue weighted by molar-refractivity contribution is -0.138. The predicted molar refractivity (Wildman–Crippen MR) is 70.2 cm³/mol. The van der Waals surface area contributed by atoms with Crippen molar-refractivity contribution in [2.75, 3.05) is 17.2 Å². The highest BCUT2D eigenvalue weighted by Crippen LogP contribution is 2.25. The van der Waals surface area contributed by atoms with Gasteiger partial charge in [-0.2, -0.15) is 0 Å². The summed E-state index contributed by atoms with van der Waals surface area (Å²) in [5.41, 5.74) is 7.32. The maximum Gasteiger partial charge on any atom is 0.326 e. The van der Waals surface area contributed by atoms with Gasteiger partial charge in [-0.1, -0.05) is 25.5 Å². The lowest BCUT2D eigenvalue weighted by atomic mass is 10.1. The van der Waals surface area contributed by atoms with Crippen molar-refractivity contribution in [1.29, 1.82) is 0 Å². The summed E-state index contributed by atoms with van der Waals surface area (Å²) in [6.45, 7) is 4.56. The number of hydrogen-bond donors (Lipinski definition) is 2. The van der Waals surface area contributed by atoms with E-state index in [9.17, 15) is 9.90 Å². The van der Waals surface area contributed by atoms with Crippen LogP contribution >= 0.6 is 0 Å². The zero-order chi connectivity index (χ0) is 12.8. The average Bonchev–Trinajstić information content (AvgIpc) is 2.31. The SMILES string of the molecule is CCCC(C(=O)O)N(CC)c1ccccc1N. The van der Waals surface area contributed by atoms with Crippen molar-refractivity contribution in [3.63, 3.8) is 0 Å². The predicted octanol–water partition coefficient (Wildman–Crippen LogP) is 2.35. The van der Waals surface area contributed by atoms with Gasteiger partial charge in [0.15, 0.2) is 0 Å². The van der Waals surface area contributed by atoms with E-state index in [1.54, 1.807) is 6.07 Å². The monoisotopic (exact) mass is 236 g/mol. The second kappa shape index (κ2) is 6.13. The molecule has 0 aliphatic heterocycles. The van der Waals surface area contributed by atoms with Crippen LogP contribution in [0.2, 0.25) is 0 Å². The van der Waals surface area contributed by atoms with Crippen LogP contribution in [-0.4, -0.2) is 23.7 Å². The van der Waals surface area contributed by atoms with Crippen LogP contribution in [0.1, 0.15) is 26.7 Å². The first kappa shape index (κ1) is 13.4. The summed E-state index contributed by atoms with van der Waals surface area (Å²) in [4.78, 5) is 13.1. The summed E-state index contributed by atoms with van der Waals surface area (Å²) < 4.78 is 0. The normalized spacial score (nSPS) is 12.1. The number of hydrogen-bond acceptors (Lipinski definition) is 3. The Morgan fingerprint density at radius 1 is 1.41 bits per heavy atom. The molecule has 94 valence electrons. The standard InChI is InChI=1S/C13H20N2O2/c1-3-7-12(13(16)17)15(4-2)11-9-6-5-8-10(11)14/h5-6,8-9,12H,3-4,7,14H2,1-2H3,(H,16,17). The first-order valence-corrected chi connectivity index (χ1v) is 5.95. The molecule has 0 aromatic heterocycles. The van der Waals surface area contributed by atoms with Gasteiger partial charge in [0.2, 0.25) is 0 Å². The number of benzene rings is 1. The molecule has 0 fully saturated rings. The van der Waals surface area contributed by atoms with Crippen LogP contribution < -0.4 is 10.6 Å². The van der Waals surface area contributed by atoms with E-state index in [1.807, 2.05) is 36.9 Å². The number of rotatable bonds is 6. The van der Waals surface area contributed by atoms with E-state index in [0.29, 0.717) is 18.7 Å². The molecule has 0 bridgehead atoms. The summed E-state index contributed by atoms with van der Waals surface area (Å²) in [5.74, 6) is -0.794. The third kappa shape index (κ3) is 3.12. The van der Waals surface area contributed by atoms with Crippen molar-refractivity contribution in [3.8, 4) is 0 Å². The molecule has 1 rings (SSSR count). The third-order valence-corrected chi connectivity index (χ3v) is 2.81. The Balaban J connectivity index is 3.04. The van der Waals surface area contributed by atoms with Crippen molar-refractivity contribution in [1.82, 2.24) is 0 Å². The molecule has 1 aromatic carbocycles. The van der Waals surface area contributed by atoms with E-state index in [0.717, 1.165) is 12.1 Å². The van der Waals surface area contributed by atoms with Gasteiger partial charge in [-0.15, -0.1) is 0 Å². The molecule has 1 aromatic rings. The Morgan fingerprint density at radius 2 is 2.06 bits per heavy atom. The largest absolute Gasteiger partial charge is 0.480 e. The number of para-hydroxylation sites is 2. The Labute approximate surface area is 102 Å². The molecule has 0 amide bonds. The Hall–Kier alpha value is -1.71. The number of nitrogens with zero attached hydrogens (tertiary/aromatic N) is 1. The molecule has 0 aliphatic rings. The number of carboxylic acids is 1. The minimum Gasteiger partial charge on any atom is -0.480 e. The van der Waals surface area contributed by atoms with Gasteiger partial charge >= 0.3 is 5.97 Å². The van der Waals surface area contributed by atoms with E-state index < -0.39 is 12.0 Å². The van der Waals surface area contributed by atoms with E-state index in [4.69, 9.17) is 5.73 Å². The molecule has 0 aliphatic carbocycles. The van der Waals surface area contributed by atoms with Crippen molar-refractivity contribution in [2.24, 2.45) is 0 Å². The Kier molecular flexibility index (Phi) is 4.82. The lowest BCUT2D eigenvalue weighted by Gasteiger charge is -2.30. The van der Waals surface area contributed by atoms with Crippen LogP contribution in [0.5, 0.6) is 0 Å². The average molecular weight is 236 g/mol. The highest BCUT2D eigenvalue weighted by atomic mass is 16.4. The maximum absolute atomic E-state index is 11.3. The Bertz CT molecular complexity index is 379. The zero-order valence-corrected chi connectivity index (χ0v) is 10.4. The second-order valence-electron chi connectivity index (χ2n) is 3.99. The van der Waals surface area contributed by atoms with Gasteiger partial charge in [0.05, 0.1) is 11.4 Å². The van der Waals surface area contributed by atoms with Crippen molar-refractivity contribution >= 4 is 17.3 Å². The molecule has 0 saturated heterocycles. The quantitative estimate of drug-likeness (QED) is 0.744. The van der Waals surface area contributed by atoms with E-state index in [-0.39, 0.29) is 0 Å². The van der Waals surface area contributed by atoms with Crippen LogP contribution in [0.25, 0.3) is 0 Å². The molecule has 3 N–H and O–H groups in total. The van der Waals surface area contributed by atoms with Crippen LogP contribution in [0.15, 0.2) is 24.3 Å². The van der Waals surface area contributed by atoms with E-state index >= 15 is 0 Å². The molecule has 0 spiro atoms. The topological polar surface area (TPSA) is 66.6 Å². The van der Waals surface area contributed by atoms with Gasteiger partial charge in [-0.25, -0.2) is 4.79 Å². The number of nitrogens with two attached hydrogens (primary N) is 1. The maximum atomic E-state index is 11.3. The van der Waals surface area contributed by atoms with Gasteiger partial charge in [-0.3, -0.25) is 0 Å². The summed E-state index contributed by atoms with van der Waals surface area (Å²) >= 11 is 0. The van der Waals surface area contributed by atoms with Crippen LogP contribution in [-0.2, 0) is 4.79 Å². The van der Waals surface area contributed by atoms with E-state index in [2.05, 4.69) is 0 Å². The van der Waals surface area contributed by atoms with Gasteiger partial charge < -0.3 is 15.7 Å². The molecular weight excluding hydrogens is 216 g/mol. The zero-order valence-electron chi connectivity index (χ0n) is 10.4. The molecule has 17 heavy (non-hydrogen) atoms. The minimum atomic E-state index is -0.794. The number of aliphatic carboxylic acids is 1. The molecular formula is C13H20N2O2. The number of anilines is 2. The first-order valence-electron chi connectivity index (χ1n) is 5.95. The molecule has 0 radical (unpaired) electrons. The number of carbonyl (C=O) groups is 1. The highest BCUT2D eigenvalue weighted by Gasteiger charge is 2.24. The third-order valence-electron chi connectivity index (χ3n) is 2.81. The molecule has 4 heteroatoms. The molecule has 4 nitrogen and oxygen atoms in total. The summed E-state index contributed by atoms with van der Waals surface area (Å²) in [6, 6.07) is 6.88. The molecule has 0 heterocycles. The first-order chi connectivity index (χ1) is 8.11. The van der Waals surface area contributed by atoms with Crippen molar-refractivity contribution < 1.29 is 9.90 Å². The van der Waals surface area contributed by atoms with Crippen molar-refractivity contribution in [3.05, 3.63) is 24.3 Å². The van der Waals surface area contributed by atoms with Crippen LogP contribution in [0.3, 0.4) is 0 Å². The fourth-order valence-electron chi connectivity index (χ4n) is 1.99. The lowest BCUT2D eigenvalue weighted by Crippen LogP contribution is -2.41. The smallest absolute Gasteiger partial charge is 0.326 e. The second-order valence-corrected chi connectivity index (χ2v) is 3.99. The van der Waals surface area contributed by atoms with Gasteiger partial charge in [0, 0.05) is 6.54 Å². The fraction of sp³-hybridized carbons (Fsp3) is 0.462. The number of carboxylic acid groups (broad SMARTS) is 1. The van der Waals surface area contributed by atoms with Gasteiger partial charge in [0.1, 0.15) is 6.04 Å². The van der Waals surface area contributed by atoms with Crippen LogP contribution in [0, 0.1) is 0 Å². The molecule has 0 saturated carbocycles. The van der Waals surface area contributed by atoms with Crippen LogP contribution in [0.4, 0.5) is 11.4 Å². The van der Waals surface area contributed by atoms with Crippen molar-refractivity contribution in [2.45, 2.75) is 32.7 Å². The Morgan fingerprint density at radius 3 is 2.53 bits per heavy atom. The van der Waals surface area contributed by atoms with Gasteiger partial charge in [-0.05, 0) is 25.5 Å². The fourth-order valence-corrected chi connectivity index (χ4v) is 1.99. The minimum absolute atomic E-state index is 0.505. The molecule has 1 unspecified atom stereocenters. The van der Waals surface area contributed by atoms with Gasteiger partial charge in [0.25, 0.3) is 0 Å². The highest BCUT2D eigenvalue weighted by molar-refractivity contribution is 5.80. The summed E-state index contributed by atoms with van der Waals surface area (Å²) in [6.07, 6.45) is 1.46. The number of likely N-dealkylation sites (N-methyl/N-ethyl adjacent to an activating group) is 1. The molecule has 1 atom stereocenters.